The van der Waals surface area contributed by atoms with Gasteiger partial charge in [0.1, 0.15) is 0 Å². The molecule has 0 aromatic heterocycles. The van der Waals surface area contributed by atoms with Crippen molar-refractivity contribution in [2.75, 3.05) is 25.0 Å². The first-order valence-corrected chi connectivity index (χ1v) is 8.53. The Hall–Kier alpha value is -1.50. The predicted molar refractivity (Wildman–Crippen MR) is 99.8 cm³/mol. The van der Waals surface area contributed by atoms with Crippen LogP contribution in [0.4, 0.5) is 18.9 Å². The van der Waals surface area contributed by atoms with Gasteiger partial charge in [-0.25, -0.2) is 0 Å². The molecule has 3 nitrogen and oxygen atoms in total. The van der Waals surface area contributed by atoms with Crippen molar-refractivity contribution in [1.29, 1.82) is 0 Å². The number of likely N-dealkylation sites (N-methyl/N-ethyl adjacent to an activating group) is 1. The molecule has 1 heterocycles. The van der Waals surface area contributed by atoms with Crippen molar-refractivity contribution in [2.45, 2.75) is 31.2 Å². The number of hydrogen-bond acceptors (Lipinski definition) is 3. The minimum absolute atomic E-state index is 0. The maximum Gasteiger partial charge on any atom is 0.395 e. The Balaban J connectivity index is 0.00000243. The first-order chi connectivity index (χ1) is 11.9. The number of alkyl halides is 3. The van der Waals surface area contributed by atoms with Crippen molar-refractivity contribution in [3.8, 4) is 0 Å². The summed E-state index contributed by atoms with van der Waals surface area (Å²) in [7, 11) is 1.73. The quantitative estimate of drug-likeness (QED) is 0.810. The van der Waals surface area contributed by atoms with E-state index in [-0.39, 0.29) is 18.8 Å². The SMILES string of the molecule is CNCC(O)[C@H](C1=CC=CC(C(F)(F)F)C1)N1CCc2ccccc21.Cl. The Bertz CT molecular complexity index is 675. The third-order valence-corrected chi connectivity index (χ3v) is 4.95. The van der Waals surface area contributed by atoms with Gasteiger partial charge in [-0.15, -0.1) is 12.4 Å². The van der Waals surface area contributed by atoms with E-state index in [1.54, 1.807) is 13.1 Å². The van der Waals surface area contributed by atoms with E-state index in [1.165, 1.54) is 17.7 Å². The van der Waals surface area contributed by atoms with Gasteiger partial charge in [0.05, 0.1) is 18.1 Å². The highest BCUT2D eigenvalue weighted by Crippen LogP contribution is 2.39. The molecule has 1 aromatic carbocycles. The van der Waals surface area contributed by atoms with Crippen LogP contribution in [0.2, 0.25) is 0 Å². The lowest BCUT2D eigenvalue weighted by Gasteiger charge is -2.37. The minimum Gasteiger partial charge on any atom is -0.389 e. The molecule has 26 heavy (non-hydrogen) atoms. The van der Waals surface area contributed by atoms with E-state index in [0.29, 0.717) is 18.7 Å². The highest BCUT2D eigenvalue weighted by molar-refractivity contribution is 5.85. The summed E-state index contributed by atoms with van der Waals surface area (Å²) in [6.45, 7) is 1.02. The molecule has 3 rings (SSSR count). The van der Waals surface area contributed by atoms with Gasteiger partial charge in [0.15, 0.2) is 0 Å². The fourth-order valence-corrected chi connectivity index (χ4v) is 3.78. The summed E-state index contributed by atoms with van der Waals surface area (Å²) in [5, 5.41) is 13.6. The van der Waals surface area contributed by atoms with Gasteiger partial charge in [-0.3, -0.25) is 0 Å². The van der Waals surface area contributed by atoms with E-state index in [1.807, 2.05) is 24.3 Å². The van der Waals surface area contributed by atoms with Gasteiger partial charge >= 0.3 is 6.18 Å². The van der Waals surface area contributed by atoms with Crippen LogP contribution < -0.4 is 10.2 Å². The standard InChI is InChI=1S/C19H23F3N2O.ClH/c1-23-12-17(25)18(14-6-4-7-15(11-14)19(20,21)22)24-10-9-13-5-2-3-8-16(13)24;/h2-8,15,17-18,23,25H,9-12H2,1H3;1H/t15?,17?,18-;/m0./s1. The zero-order valence-electron chi connectivity index (χ0n) is 14.5. The lowest BCUT2D eigenvalue weighted by Crippen LogP contribution is -2.49. The van der Waals surface area contributed by atoms with Gasteiger partial charge in [0.2, 0.25) is 0 Å². The van der Waals surface area contributed by atoms with E-state index in [9.17, 15) is 18.3 Å². The first kappa shape index (κ1) is 20.8. The molecule has 0 saturated heterocycles. The van der Waals surface area contributed by atoms with E-state index < -0.39 is 24.2 Å². The predicted octanol–water partition coefficient (Wildman–Crippen LogP) is 3.48. The number of halogens is 4. The molecule has 1 aliphatic heterocycles. The highest BCUT2D eigenvalue weighted by atomic mass is 35.5. The van der Waals surface area contributed by atoms with Crippen LogP contribution >= 0.6 is 12.4 Å². The topological polar surface area (TPSA) is 35.5 Å². The lowest BCUT2D eigenvalue weighted by molar-refractivity contribution is -0.161. The van der Waals surface area contributed by atoms with Crippen LogP contribution in [0.25, 0.3) is 0 Å². The Labute approximate surface area is 158 Å². The highest BCUT2D eigenvalue weighted by Gasteiger charge is 2.42. The summed E-state index contributed by atoms with van der Waals surface area (Å²) in [6.07, 6.45) is 0.0721. The van der Waals surface area contributed by atoms with Crippen molar-refractivity contribution in [1.82, 2.24) is 5.32 Å². The van der Waals surface area contributed by atoms with Crippen molar-refractivity contribution in [3.63, 3.8) is 0 Å². The minimum atomic E-state index is -4.27. The second-order valence-electron chi connectivity index (χ2n) is 6.62. The van der Waals surface area contributed by atoms with Crippen LogP contribution in [0.3, 0.4) is 0 Å². The molecule has 1 aliphatic carbocycles. The summed E-state index contributed by atoms with van der Waals surface area (Å²) in [6, 6.07) is 7.42. The number of hydrogen-bond donors (Lipinski definition) is 2. The molecule has 0 fully saturated rings. The average Bonchev–Trinajstić information content (AvgIpc) is 2.99. The number of benzene rings is 1. The third kappa shape index (κ3) is 4.24. The molecule has 144 valence electrons. The fraction of sp³-hybridized carbons (Fsp3) is 0.474. The first-order valence-electron chi connectivity index (χ1n) is 8.53. The molecular weight excluding hydrogens is 365 g/mol. The average molecular weight is 389 g/mol. The van der Waals surface area contributed by atoms with Crippen molar-refractivity contribution < 1.29 is 18.3 Å². The number of para-hydroxylation sites is 1. The smallest absolute Gasteiger partial charge is 0.389 e. The van der Waals surface area contributed by atoms with E-state index in [2.05, 4.69) is 10.2 Å². The normalized spacial score (nSPS) is 21.7. The molecule has 0 saturated carbocycles. The molecule has 2 N–H and O–H groups in total. The molecule has 1 aromatic rings. The number of allylic oxidation sites excluding steroid dienone is 3. The van der Waals surface area contributed by atoms with Crippen LogP contribution in [-0.4, -0.2) is 43.6 Å². The summed E-state index contributed by atoms with van der Waals surface area (Å²) >= 11 is 0. The number of aliphatic hydroxyl groups excluding tert-OH is 1. The summed E-state index contributed by atoms with van der Waals surface area (Å²) < 4.78 is 39.5. The van der Waals surface area contributed by atoms with Crippen LogP contribution in [0.15, 0.2) is 48.1 Å². The van der Waals surface area contributed by atoms with Crippen molar-refractivity contribution >= 4 is 18.1 Å². The molecule has 7 heteroatoms. The number of rotatable bonds is 5. The van der Waals surface area contributed by atoms with Gasteiger partial charge in [0.25, 0.3) is 0 Å². The maximum absolute atomic E-state index is 13.2. The summed E-state index contributed by atoms with van der Waals surface area (Å²) in [5.41, 5.74) is 2.80. The molecule has 2 aliphatic rings. The number of anilines is 1. The largest absolute Gasteiger partial charge is 0.395 e. The molecule has 3 atom stereocenters. The Morgan fingerprint density at radius 2 is 2.04 bits per heavy atom. The van der Waals surface area contributed by atoms with Crippen LogP contribution in [0.5, 0.6) is 0 Å². The maximum atomic E-state index is 13.2. The Morgan fingerprint density at radius 3 is 2.73 bits per heavy atom. The molecule has 0 spiro atoms. The molecular formula is C19H24ClF3N2O. The molecule has 0 radical (unpaired) electrons. The van der Waals surface area contributed by atoms with Crippen LogP contribution in [0.1, 0.15) is 12.0 Å². The van der Waals surface area contributed by atoms with Gasteiger partial charge in [-0.05, 0) is 37.1 Å². The number of aliphatic hydroxyl groups is 1. The van der Waals surface area contributed by atoms with E-state index >= 15 is 0 Å². The fourth-order valence-electron chi connectivity index (χ4n) is 3.78. The van der Waals surface area contributed by atoms with Crippen LogP contribution in [-0.2, 0) is 6.42 Å². The van der Waals surface area contributed by atoms with Gasteiger partial charge in [-0.2, -0.15) is 13.2 Å². The van der Waals surface area contributed by atoms with Gasteiger partial charge in [0, 0.05) is 18.8 Å². The zero-order valence-corrected chi connectivity index (χ0v) is 15.4. The van der Waals surface area contributed by atoms with Crippen LogP contribution in [0, 0.1) is 5.92 Å². The lowest BCUT2D eigenvalue weighted by atomic mass is 9.86. The second-order valence-corrected chi connectivity index (χ2v) is 6.62. The molecule has 0 bridgehead atoms. The number of nitrogens with one attached hydrogen (secondary N) is 1. The summed E-state index contributed by atoms with van der Waals surface area (Å²) in [4.78, 5) is 2.05. The summed E-state index contributed by atoms with van der Waals surface area (Å²) in [5.74, 6) is -1.49. The van der Waals surface area contributed by atoms with Gasteiger partial charge < -0.3 is 15.3 Å². The number of nitrogens with zero attached hydrogens (tertiary/aromatic N) is 1. The van der Waals surface area contributed by atoms with E-state index in [4.69, 9.17) is 0 Å². The molecule has 2 unspecified atom stereocenters. The Kier molecular flexibility index (Phi) is 6.77. The Morgan fingerprint density at radius 1 is 1.31 bits per heavy atom. The van der Waals surface area contributed by atoms with Crippen molar-refractivity contribution in [3.05, 3.63) is 53.6 Å². The molecule has 0 amide bonds. The second kappa shape index (κ2) is 8.46. The number of fused-ring (bicyclic) bond motifs is 1. The van der Waals surface area contributed by atoms with Crippen molar-refractivity contribution in [2.24, 2.45) is 5.92 Å². The monoisotopic (exact) mass is 388 g/mol. The van der Waals surface area contributed by atoms with E-state index in [0.717, 1.165) is 12.1 Å². The zero-order chi connectivity index (χ0) is 18.0. The van der Waals surface area contributed by atoms with Gasteiger partial charge in [-0.1, -0.05) is 36.4 Å². The third-order valence-electron chi connectivity index (χ3n) is 4.95.